The van der Waals surface area contributed by atoms with E-state index in [1.54, 1.807) is 0 Å². The molecule has 4 aliphatic carbocycles. The van der Waals surface area contributed by atoms with E-state index in [-0.39, 0.29) is 23.2 Å². The normalized spacial score (nSPS) is 30.7. The van der Waals surface area contributed by atoms with Crippen molar-refractivity contribution in [3.8, 4) is 22.3 Å². The van der Waals surface area contributed by atoms with Crippen molar-refractivity contribution in [3.05, 3.63) is 59.4 Å². The van der Waals surface area contributed by atoms with Crippen LogP contribution in [-0.4, -0.2) is 0 Å². The third-order valence-electron chi connectivity index (χ3n) is 11.0. The van der Waals surface area contributed by atoms with Crippen LogP contribution in [0.25, 0.3) is 22.3 Å². The fourth-order valence-corrected chi connectivity index (χ4v) is 8.49. The summed E-state index contributed by atoms with van der Waals surface area (Å²) in [5.74, 6) is 1.42. The second-order valence-electron chi connectivity index (χ2n) is 13.1. The third kappa shape index (κ3) is 4.66. The molecule has 3 fully saturated rings. The van der Waals surface area contributed by atoms with Gasteiger partial charge in [-0.1, -0.05) is 50.8 Å². The summed E-state index contributed by atoms with van der Waals surface area (Å²) >= 11 is 0. The van der Waals surface area contributed by atoms with Gasteiger partial charge in [0.25, 0.3) is 0 Å². The molecule has 6 rings (SSSR count). The Hall–Kier alpha value is -2.03. The number of benzene rings is 2. The molecule has 0 spiro atoms. The quantitative estimate of drug-likeness (QED) is 0.284. The van der Waals surface area contributed by atoms with Crippen LogP contribution in [0.5, 0.6) is 0 Å². The van der Waals surface area contributed by atoms with E-state index in [9.17, 15) is 0 Å². The molecule has 2 aromatic carbocycles. The van der Waals surface area contributed by atoms with Crippen LogP contribution in [0.1, 0.15) is 120 Å². The van der Waals surface area contributed by atoms with Gasteiger partial charge in [-0.15, -0.1) is 6.58 Å². The Kier molecular flexibility index (Phi) is 7.49. The summed E-state index contributed by atoms with van der Waals surface area (Å²) in [5.41, 5.74) is 3.16. The molecule has 0 atom stereocenters. The summed E-state index contributed by atoms with van der Waals surface area (Å²) in [6, 6.07) is 5.72. The molecule has 0 amide bonds. The van der Waals surface area contributed by atoms with E-state index in [2.05, 4.69) is 13.5 Å². The summed E-state index contributed by atoms with van der Waals surface area (Å²) in [6.07, 6.45) is 18.0. The Morgan fingerprint density at radius 2 is 1.26 bits per heavy atom. The molecule has 204 valence electrons. The average Bonchev–Trinajstić information content (AvgIpc) is 2.93. The Labute approximate surface area is 227 Å². The minimum atomic E-state index is -0.835. The summed E-state index contributed by atoms with van der Waals surface area (Å²) in [5, 5.41) is 0. The largest absolute Gasteiger partial charge is 0.206 e. The van der Waals surface area contributed by atoms with Crippen LogP contribution < -0.4 is 0 Å². The monoisotopic (exact) mass is 520 g/mol. The highest BCUT2D eigenvalue weighted by Gasteiger charge is 2.38. The van der Waals surface area contributed by atoms with Crippen LogP contribution in [0.2, 0.25) is 0 Å². The van der Waals surface area contributed by atoms with Gasteiger partial charge in [0, 0.05) is 11.1 Å². The van der Waals surface area contributed by atoms with Crippen molar-refractivity contribution < 1.29 is 13.2 Å². The molecular formula is C35H43F3. The zero-order chi connectivity index (χ0) is 26.4. The fraction of sp³-hybridized carbons (Fsp3) is 0.600. The maximum absolute atomic E-state index is 15.7. The molecule has 0 radical (unpaired) electrons. The lowest BCUT2D eigenvalue weighted by Gasteiger charge is -2.38. The molecule has 0 nitrogen and oxygen atoms in total. The molecule has 0 saturated heterocycles. The van der Waals surface area contributed by atoms with Crippen LogP contribution in [0.15, 0.2) is 30.9 Å². The maximum Gasteiger partial charge on any atom is 0.167 e. The van der Waals surface area contributed by atoms with E-state index in [4.69, 9.17) is 0 Å². The van der Waals surface area contributed by atoms with Gasteiger partial charge < -0.3 is 0 Å². The Balaban J connectivity index is 1.14. The highest BCUT2D eigenvalue weighted by atomic mass is 19.2. The zero-order valence-corrected chi connectivity index (χ0v) is 23.0. The number of allylic oxidation sites excluding steroid dienone is 1. The van der Waals surface area contributed by atoms with Gasteiger partial charge >= 0.3 is 0 Å². The first-order chi connectivity index (χ1) is 18.5. The number of hydrogen-bond acceptors (Lipinski definition) is 0. The fourth-order valence-electron chi connectivity index (χ4n) is 8.49. The van der Waals surface area contributed by atoms with Crippen molar-refractivity contribution in [1.82, 2.24) is 0 Å². The van der Waals surface area contributed by atoms with Crippen LogP contribution >= 0.6 is 0 Å². The lowest BCUT2D eigenvalue weighted by atomic mass is 9.67. The van der Waals surface area contributed by atoms with Crippen LogP contribution in [0.4, 0.5) is 13.2 Å². The Morgan fingerprint density at radius 1 is 0.684 bits per heavy atom. The molecule has 0 aliphatic heterocycles. The molecule has 0 bridgehead atoms. The molecule has 3 saturated carbocycles. The molecule has 0 aromatic heterocycles. The topological polar surface area (TPSA) is 0 Å². The van der Waals surface area contributed by atoms with E-state index in [1.807, 2.05) is 24.3 Å². The minimum Gasteiger partial charge on any atom is -0.206 e. The Morgan fingerprint density at radius 3 is 1.92 bits per heavy atom. The Bertz CT molecular complexity index is 1170. The second-order valence-corrected chi connectivity index (χ2v) is 13.1. The van der Waals surface area contributed by atoms with E-state index >= 15 is 13.2 Å². The van der Waals surface area contributed by atoms with E-state index < -0.39 is 11.6 Å². The van der Waals surface area contributed by atoms with Gasteiger partial charge in [0.15, 0.2) is 11.6 Å². The van der Waals surface area contributed by atoms with Gasteiger partial charge in [-0.3, -0.25) is 0 Å². The van der Waals surface area contributed by atoms with Crippen LogP contribution in [-0.2, 0) is 0 Å². The SMILES string of the molecule is C=CCCC1CCC(C2CCC(c3cc4c(c(F)c3F)-c3c-4ccc(C4CCC(C)CC4)c3F)CC2)CC1. The van der Waals surface area contributed by atoms with Gasteiger partial charge in [-0.2, -0.15) is 0 Å². The molecule has 3 heteroatoms. The predicted octanol–water partition coefficient (Wildman–Crippen LogP) is 11.1. The maximum atomic E-state index is 15.7. The van der Waals surface area contributed by atoms with Crippen molar-refractivity contribution in [3.63, 3.8) is 0 Å². The van der Waals surface area contributed by atoms with Gasteiger partial charge in [0.05, 0.1) is 0 Å². The molecule has 0 N–H and O–H groups in total. The first kappa shape index (κ1) is 26.2. The van der Waals surface area contributed by atoms with E-state index in [0.717, 1.165) is 81.1 Å². The van der Waals surface area contributed by atoms with Gasteiger partial charge in [0.2, 0.25) is 0 Å². The number of fused-ring (bicyclic) bond motifs is 4. The highest BCUT2D eigenvalue weighted by molar-refractivity contribution is 6.03. The summed E-state index contributed by atoms with van der Waals surface area (Å²) in [6.45, 7) is 6.11. The lowest BCUT2D eigenvalue weighted by molar-refractivity contribution is 0.156. The van der Waals surface area contributed by atoms with Crippen LogP contribution in [0.3, 0.4) is 0 Å². The first-order valence-corrected chi connectivity index (χ1v) is 15.4. The number of rotatable bonds is 6. The van der Waals surface area contributed by atoms with E-state index in [1.165, 1.54) is 32.1 Å². The van der Waals surface area contributed by atoms with Crippen LogP contribution in [0, 0.1) is 41.1 Å². The second kappa shape index (κ2) is 10.9. The standard InChI is InChI=1S/C35H43F3/c1-3-4-5-22-8-12-23(13-9-22)24-14-16-26(17-15-24)29-20-30-28-19-18-27(25-10-6-21(2)7-11-25)33(36)31(28)32(30)35(38)34(29)37/h3,18-26H,1,4-17H2,2H3. The molecular weight excluding hydrogens is 477 g/mol. The van der Waals surface area contributed by atoms with Crippen molar-refractivity contribution in [2.24, 2.45) is 23.7 Å². The summed E-state index contributed by atoms with van der Waals surface area (Å²) < 4.78 is 46.6. The average molecular weight is 521 g/mol. The van der Waals surface area contributed by atoms with E-state index in [0.29, 0.717) is 28.2 Å². The molecule has 0 unspecified atom stereocenters. The van der Waals surface area contributed by atoms with Gasteiger partial charge in [-0.05, 0) is 128 Å². The summed E-state index contributed by atoms with van der Waals surface area (Å²) in [4.78, 5) is 0. The number of hydrogen-bond donors (Lipinski definition) is 0. The molecule has 0 heterocycles. The van der Waals surface area contributed by atoms with Crippen molar-refractivity contribution in [2.75, 3.05) is 0 Å². The molecule has 4 aliphatic rings. The molecule has 2 aromatic rings. The van der Waals surface area contributed by atoms with Gasteiger partial charge in [-0.25, -0.2) is 13.2 Å². The van der Waals surface area contributed by atoms with Crippen molar-refractivity contribution in [1.29, 1.82) is 0 Å². The summed E-state index contributed by atoms with van der Waals surface area (Å²) in [7, 11) is 0. The minimum absolute atomic E-state index is 0.0624. The van der Waals surface area contributed by atoms with Crippen molar-refractivity contribution in [2.45, 2.75) is 109 Å². The van der Waals surface area contributed by atoms with Gasteiger partial charge in [0.1, 0.15) is 5.82 Å². The molecule has 38 heavy (non-hydrogen) atoms. The third-order valence-corrected chi connectivity index (χ3v) is 11.0. The highest BCUT2D eigenvalue weighted by Crippen LogP contribution is 2.55. The smallest absolute Gasteiger partial charge is 0.167 e. The number of halogens is 3. The van der Waals surface area contributed by atoms with Crippen molar-refractivity contribution >= 4 is 0 Å². The zero-order valence-electron chi connectivity index (χ0n) is 23.0. The lowest BCUT2D eigenvalue weighted by Crippen LogP contribution is -2.26. The first-order valence-electron chi connectivity index (χ1n) is 15.4. The predicted molar refractivity (Wildman–Crippen MR) is 151 cm³/mol.